The van der Waals surface area contributed by atoms with E-state index in [0.717, 1.165) is 27.9 Å². The zero-order chi connectivity index (χ0) is 23.1. The van der Waals surface area contributed by atoms with Crippen molar-refractivity contribution < 1.29 is 4.79 Å². The van der Waals surface area contributed by atoms with Crippen LogP contribution in [0.25, 0.3) is 22.5 Å². The van der Waals surface area contributed by atoms with E-state index in [4.69, 9.17) is 0 Å². The van der Waals surface area contributed by atoms with Crippen LogP contribution < -0.4 is 5.32 Å². The van der Waals surface area contributed by atoms with Crippen LogP contribution >= 0.6 is 0 Å². The number of hydrogen-bond donors (Lipinski definition) is 1. The quantitative estimate of drug-likeness (QED) is 0.447. The minimum absolute atomic E-state index is 0.215. The van der Waals surface area contributed by atoms with E-state index in [0.29, 0.717) is 22.8 Å². The molecule has 3 aromatic heterocycles. The van der Waals surface area contributed by atoms with Crippen molar-refractivity contribution in [1.82, 2.24) is 29.5 Å². The van der Waals surface area contributed by atoms with E-state index in [9.17, 15) is 4.79 Å². The molecule has 0 atom stereocenters. The molecule has 0 aliphatic heterocycles. The highest BCUT2D eigenvalue weighted by Crippen LogP contribution is 2.25. The maximum Gasteiger partial charge on any atom is 0.256 e. The van der Waals surface area contributed by atoms with Crippen molar-refractivity contribution in [1.29, 1.82) is 0 Å². The Bertz CT molecular complexity index is 1500. The molecule has 0 fully saturated rings. The Morgan fingerprint density at radius 1 is 0.879 bits per heavy atom. The number of benzene rings is 2. The first kappa shape index (κ1) is 20.6. The van der Waals surface area contributed by atoms with E-state index in [1.54, 1.807) is 27.7 Å². The number of aryl methyl sites for hydroxylation is 4. The van der Waals surface area contributed by atoms with Crippen LogP contribution in [0, 0.1) is 27.7 Å². The molecule has 0 saturated carbocycles. The lowest BCUT2D eigenvalue weighted by molar-refractivity contribution is 0.102. The van der Waals surface area contributed by atoms with Crippen LogP contribution in [-0.4, -0.2) is 35.4 Å². The lowest BCUT2D eigenvalue weighted by Crippen LogP contribution is -2.15. The summed E-state index contributed by atoms with van der Waals surface area (Å²) in [7, 11) is 0. The third-order valence-electron chi connectivity index (χ3n) is 5.51. The predicted octanol–water partition coefficient (Wildman–Crippen LogP) is 4.49. The number of nitrogens with zero attached hydrogens (tertiary/aromatic N) is 6. The van der Waals surface area contributed by atoms with Crippen molar-refractivity contribution in [3.05, 3.63) is 89.0 Å². The van der Waals surface area contributed by atoms with Gasteiger partial charge in [0, 0.05) is 11.6 Å². The Kier molecular flexibility index (Phi) is 4.97. The first-order valence-electron chi connectivity index (χ1n) is 10.6. The Labute approximate surface area is 190 Å². The summed E-state index contributed by atoms with van der Waals surface area (Å²) in [5.74, 6) is 0.855. The zero-order valence-corrected chi connectivity index (χ0v) is 18.9. The number of anilines is 1. The second-order valence-electron chi connectivity index (χ2n) is 8.18. The third kappa shape index (κ3) is 3.76. The summed E-state index contributed by atoms with van der Waals surface area (Å²) in [6.45, 7) is 7.96. The summed E-state index contributed by atoms with van der Waals surface area (Å²) in [4.78, 5) is 21.8. The van der Waals surface area contributed by atoms with Gasteiger partial charge in [0.25, 0.3) is 5.91 Å². The van der Waals surface area contributed by atoms with Gasteiger partial charge in [-0.1, -0.05) is 35.4 Å². The lowest BCUT2D eigenvalue weighted by atomic mass is 10.1. The monoisotopic (exact) mass is 437 g/mol. The van der Waals surface area contributed by atoms with Crippen LogP contribution in [0.15, 0.2) is 61.1 Å². The van der Waals surface area contributed by atoms with Gasteiger partial charge in [-0.25, -0.2) is 14.6 Å². The Morgan fingerprint density at radius 2 is 1.64 bits per heavy atom. The van der Waals surface area contributed by atoms with E-state index in [1.807, 2.05) is 51.1 Å². The molecule has 0 aliphatic rings. The molecule has 0 spiro atoms. The molecular weight excluding hydrogens is 414 g/mol. The second kappa shape index (κ2) is 7.98. The van der Waals surface area contributed by atoms with Gasteiger partial charge in [-0.15, -0.1) is 0 Å². The molecule has 33 heavy (non-hydrogen) atoms. The van der Waals surface area contributed by atoms with Gasteiger partial charge in [0.2, 0.25) is 0 Å². The highest BCUT2D eigenvalue weighted by molar-refractivity contribution is 6.04. The third-order valence-corrected chi connectivity index (χ3v) is 5.51. The number of nitrogens with one attached hydrogen (secondary N) is 1. The maximum absolute atomic E-state index is 12.8. The van der Waals surface area contributed by atoms with Crippen LogP contribution in [0.3, 0.4) is 0 Å². The summed E-state index contributed by atoms with van der Waals surface area (Å²) in [5, 5.41) is 12.8. The predicted molar refractivity (Wildman–Crippen MR) is 127 cm³/mol. The average Bonchev–Trinajstić information content (AvgIpc) is 3.37. The first-order valence-corrected chi connectivity index (χ1v) is 10.6. The number of carbonyl (C=O) groups is 1. The fraction of sp³-hybridized carbons (Fsp3) is 0.160. The highest BCUT2D eigenvalue weighted by Gasteiger charge is 2.18. The van der Waals surface area contributed by atoms with Gasteiger partial charge < -0.3 is 5.32 Å². The molecule has 1 N–H and O–H groups in total. The van der Waals surface area contributed by atoms with Gasteiger partial charge in [-0.2, -0.15) is 14.9 Å². The molecule has 2 aromatic carbocycles. The smallest absolute Gasteiger partial charge is 0.256 e. The van der Waals surface area contributed by atoms with Crippen LogP contribution in [0.2, 0.25) is 0 Å². The van der Waals surface area contributed by atoms with Crippen molar-refractivity contribution >= 4 is 22.8 Å². The Morgan fingerprint density at radius 3 is 2.39 bits per heavy atom. The molecule has 5 aromatic rings. The van der Waals surface area contributed by atoms with E-state index in [-0.39, 0.29) is 5.91 Å². The normalized spacial score (nSPS) is 11.2. The van der Waals surface area contributed by atoms with Crippen molar-refractivity contribution in [2.45, 2.75) is 27.7 Å². The van der Waals surface area contributed by atoms with Gasteiger partial charge >= 0.3 is 0 Å². The molecular formula is C25H23N7O. The van der Waals surface area contributed by atoms with Gasteiger partial charge in [0.15, 0.2) is 11.5 Å². The van der Waals surface area contributed by atoms with Gasteiger partial charge in [-0.3, -0.25) is 4.79 Å². The number of hydrogen-bond acceptors (Lipinski definition) is 5. The summed E-state index contributed by atoms with van der Waals surface area (Å²) in [6.07, 6.45) is 3.22. The van der Waals surface area contributed by atoms with E-state index < -0.39 is 0 Å². The number of rotatable bonds is 4. The van der Waals surface area contributed by atoms with Crippen LogP contribution in [-0.2, 0) is 0 Å². The second-order valence-corrected chi connectivity index (χ2v) is 8.18. The van der Waals surface area contributed by atoms with E-state index >= 15 is 0 Å². The number of fused-ring (bicyclic) bond motifs is 1. The molecule has 8 nitrogen and oxygen atoms in total. The minimum atomic E-state index is -0.215. The summed E-state index contributed by atoms with van der Waals surface area (Å²) >= 11 is 0. The fourth-order valence-corrected chi connectivity index (χ4v) is 3.86. The molecule has 0 radical (unpaired) electrons. The standard InChI is InChI=1S/C25H23N7O/c1-15-5-8-19(9-6-15)25(33)29-22-12-18(4)30-32(22)24-20-13-28-31(23(20)26-14-27-24)21-10-7-16(2)11-17(21)3/h5-14H,1-4H3,(H,29,33). The highest BCUT2D eigenvalue weighted by atomic mass is 16.1. The summed E-state index contributed by atoms with van der Waals surface area (Å²) in [5.41, 5.74) is 6.31. The molecule has 1 amide bonds. The van der Waals surface area contributed by atoms with Crippen molar-refractivity contribution in [2.75, 3.05) is 5.32 Å². The number of carbonyl (C=O) groups excluding carboxylic acids is 1. The SMILES string of the molecule is Cc1ccc(C(=O)Nc2cc(C)nn2-c2ncnc3c2cnn3-c2ccc(C)cc2C)cc1. The molecule has 3 heterocycles. The van der Waals surface area contributed by atoms with Crippen LogP contribution in [0.1, 0.15) is 32.7 Å². The number of aromatic nitrogens is 6. The maximum atomic E-state index is 12.8. The Balaban J connectivity index is 1.57. The van der Waals surface area contributed by atoms with Gasteiger partial charge in [0.1, 0.15) is 12.1 Å². The van der Waals surface area contributed by atoms with E-state index in [2.05, 4.69) is 38.5 Å². The van der Waals surface area contributed by atoms with Crippen molar-refractivity contribution in [3.8, 4) is 11.5 Å². The van der Waals surface area contributed by atoms with Crippen LogP contribution in [0.4, 0.5) is 5.82 Å². The minimum Gasteiger partial charge on any atom is -0.306 e. The molecule has 5 rings (SSSR count). The summed E-state index contributed by atoms with van der Waals surface area (Å²) in [6, 6.07) is 15.4. The molecule has 0 bridgehead atoms. The van der Waals surface area contributed by atoms with Gasteiger partial charge in [-0.05, 0) is 51.5 Å². The molecule has 164 valence electrons. The Hall–Kier alpha value is -4.33. The van der Waals surface area contributed by atoms with Crippen molar-refractivity contribution in [2.24, 2.45) is 0 Å². The van der Waals surface area contributed by atoms with E-state index in [1.165, 1.54) is 11.9 Å². The molecule has 0 unspecified atom stereocenters. The zero-order valence-electron chi connectivity index (χ0n) is 18.9. The van der Waals surface area contributed by atoms with Gasteiger partial charge in [0.05, 0.1) is 23.0 Å². The molecule has 8 heteroatoms. The largest absolute Gasteiger partial charge is 0.306 e. The summed E-state index contributed by atoms with van der Waals surface area (Å²) < 4.78 is 3.43. The molecule has 0 saturated heterocycles. The average molecular weight is 438 g/mol. The van der Waals surface area contributed by atoms with Crippen molar-refractivity contribution in [3.63, 3.8) is 0 Å². The topological polar surface area (TPSA) is 90.5 Å². The lowest BCUT2D eigenvalue weighted by Gasteiger charge is -2.10. The first-order chi connectivity index (χ1) is 15.9. The van der Waals surface area contributed by atoms with Crippen LogP contribution in [0.5, 0.6) is 0 Å². The number of amides is 1. The fourth-order valence-electron chi connectivity index (χ4n) is 3.86. The molecule has 0 aliphatic carbocycles.